The summed E-state index contributed by atoms with van der Waals surface area (Å²) in [4.78, 5) is 7.94. The lowest BCUT2D eigenvalue weighted by Gasteiger charge is -2.53. The zero-order chi connectivity index (χ0) is 15.5. The molecule has 2 N–H and O–H groups in total. The van der Waals surface area contributed by atoms with Crippen LogP contribution in [0.2, 0.25) is 0 Å². The van der Waals surface area contributed by atoms with Gasteiger partial charge in [0, 0.05) is 44.3 Å². The van der Waals surface area contributed by atoms with Crippen molar-refractivity contribution >= 4 is 0 Å². The van der Waals surface area contributed by atoms with Crippen LogP contribution < -0.4 is 5.73 Å². The molecule has 2 heterocycles. The molecule has 2 rings (SSSR count). The van der Waals surface area contributed by atoms with E-state index in [-0.39, 0.29) is 5.54 Å². The van der Waals surface area contributed by atoms with E-state index in [0.29, 0.717) is 6.04 Å². The summed E-state index contributed by atoms with van der Waals surface area (Å²) in [5.41, 5.74) is 6.52. The first-order valence-electron chi connectivity index (χ1n) is 8.92. The Balaban J connectivity index is 1.94. The third kappa shape index (κ3) is 3.98. The zero-order valence-corrected chi connectivity index (χ0v) is 14.6. The van der Waals surface area contributed by atoms with Crippen molar-refractivity contribution in [3.05, 3.63) is 0 Å². The summed E-state index contributed by atoms with van der Waals surface area (Å²) < 4.78 is 0. The van der Waals surface area contributed by atoms with Crippen molar-refractivity contribution in [2.45, 2.75) is 52.1 Å². The largest absolute Gasteiger partial charge is 0.329 e. The number of hydrogen-bond donors (Lipinski definition) is 1. The van der Waals surface area contributed by atoms with Gasteiger partial charge in [0.25, 0.3) is 0 Å². The van der Waals surface area contributed by atoms with Crippen LogP contribution in [-0.2, 0) is 0 Å². The van der Waals surface area contributed by atoms with Gasteiger partial charge in [0.1, 0.15) is 0 Å². The highest BCUT2D eigenvalue weighted by molar-refractivity contribution is 4.99. The maximum absolute atomic E-state index is 6.25. The second-order valence-corrected chi connectivity index (χ2v) is 7.55. The van der Waals surface area contributed by atoms with Crippen LogP contribution in [0.15, 0.2) is 0 Å². The van der Waals surface area contributed by atoms with Gasteiger partial charge in [-0.1, -0.05) is 20.8 Å². The smallest absolute Gasteiger partial charge is 0.0357 e. The van der Waals surface area contributed by atoms with Crippen molar-refractivity contribution in [1.29, 1.82) is 0 Å². The highest BCUT2D eigenvalue weighted by Crippen LogP contribution is 2.30. The van der Waals surface area contributed by atoms with Crippen LogP contribution in [0.25, 0.3) is 0 Å². The molecule has 2 fully saturated rings. The molecule has 0 aliphatic carbocycles. The highest BCUT2D eigenvalue weighted by atomic mass is 15.3. The number of nitrogens with two attached hydrogens (primary N) is 1. The standard InChI is InChI=1S/C17H36N4/c1-5-20-10-11-21(13-16(20)4)17(14-18)6-8-19(9-7-17)12-15(2)3/h15-16H,5-14,18H2,1-4H3. The average molecular weight is 297 g/mol. The summed E-state index contributed by atoms with van der Waals surface area (Å²) >= 11 is 0. The Morgan fingerprint density at radius 3 is 2.29 bits per heavy atom. The van der Waals surface area contributed by atoms with Gasteiger partial charge in [0.2, 0.25) is 0 Å². The first kappa shape index (κ1) is 17.2. The van der Waals surface area contributed by atoms with Gasteiger partial charge in [0.05, 0.1) is 0 Å². The van der Waals surface area contributed by atoms with Crippen molar-refractivity contribution in [2.24, 2.45) is 11.7 Å². The normalized spacial score (nSPS) is 29.1. The number of nitrogens with zero attached hydrogens (tertiary/aromatic N) is 3. The van der Waals surface area contributed by atoms with Gasteiger partial charge in [0.15, 0.2) is 0 Å². The molecule has 0 spiro atoms. The fourth-order valence-corrected chi connectivity index (χ4v) is 4.21. The zero-order valence-electron chi connectivity index (χ0n) is 14.6. The van der Waals surface area contributed by atoms with E-state index in [0.717, 1.165) is 12.5 Å². The number of likely N-dealkylation sites (N-methyl/N-ethyl adjacent to an activating group) is 1. The SMILES string of the molecule is CCN1CCN(C2(CN)CCN(CC(C)C)CC2)CC1C. The predicted molar refractivity (Wildman–Crippen MR) is 90.6 cm³/mol. The van der Waals surface area contributed by atoms with E-state index in [4.69, 9.17) is 5.73 Å². The van der Waals surface area contributed by atoms with Crippen molar-refractivity contribution < 1.29 is 0 Å². The molecule has 21 heavy (non-hydrogen) atoms. The van der Waals surface area contributed by atoms with Crippen LogP contribution in [0.3, 0.4) is 0 Å². The molecule has 0 bridgehead atoms. The molecule has 2 saturated heterocycles. The van der Waals surface area contributed by atoms with Crippen LogP contribution in [0.1, 0.15) is 40.5 Å². The quantitative estimate of drug-likeness (QED) is 0.833. The van der Waals surface area contributed by atoms with Gasteiger partial charge in [-0.3, -0.25) is 9.80 Å². The molecule has 0 aromatic heterocycles. The van der Waals surface area contributed by atoms with Crippen LogP contribution >= 0.6 is 0 Å². The van der Waals surface area contributed by atoms with Crippen molar-refractivity contribution in [3.8, 4) is 0 Å². The molecule has 2 aliphatic heterocycles. The Kier molecular flexibility index (Phi) is 6.06. The third-order valence-electron chi connectivity index (χ3n) is 5.63. The Labute approximate surface area is 131 Å². The maximum Gasteiger partial charge on any atom is 0.0357 e. The third-order valence-corrected chi connectivity index (χ3v) is 5.63. The van der Waals surface area contributed by atoms with Crippen LogP contribution in [0.4, 0.5) is 0 Å². The molecular formula is C17H36N4. The molecular weight excluding hydrogens is 260 g/mol. The Hall–Kier alpha value is -0.160. The lowest BCUT2D eigenvalue weighted by Crippen LogP contribution is -2.65. The summed E-state index contributed by atoms with van der Waals surface area (Å²) in [6, 6.07) is 0.667. The van der Waals surface area contributed by atoms with Crippen molar-refractivity contribution in [2.75, 3.05) is 52.4 Å². The van der Waals surface area contributed by atoms with Crippen LogP contribution in [0.5, 0.6) is 0 Å². The first-order chi connectivity index (χ1) is 10.0. The first-order valence-corrected chi connectivity index (χ1v) is 8.92. The highest BCUT2D eigenvalue weighted by Gasteiger charge is 2.41. The van der Waals surface area contributed by atoms with E-state index < -0.39 is 0 Å². The Bertz CT molecular complexity index is 310. The molecule has 2 aliphatic rings. The lowest BCUT2D eigenvalue weighted by molar-refractivity contribution is -0.0245. The summed E-state index contributed by atoms with van der Waals surface area (Å²) in [7, 11) is 0. The number of rotatable bonds is 5. The number of piperidine rings is 1. The van der Waals surface area contributed by atoms with Gasteiger partial charge in [-0.15, -0.1) is 0 Å². The maximum atomic E-state index is 6.25. The molecule has 0 aromatic carbocycles. The summed E-state index contributed by atoms with van der Waals surface area (Å²) in [6.07, 6.45) is 2.49. The van der Waals surface area contributed by atoms with Crippen molar-refractivity contribution in [3.63, 3.8) is 0 Å². The topological polar surface area (TPSA) is 35.7 Å². The molecule has 4 heteroatoms. The second-order valence-electron chi connectivity index (χ2n) is 7.55. The molecule has 0 amide bonds. The molecule has 0 radical (unpaired) electrons. The number of hydrogen-bond acceptors (Lipinski definition) is 4. The van der Waals surface area contributed by atoms with Gasteiger partial charge in [-0.2, -0.15) is 0 Å². The van der Waals surface area contributed by atoms with E-state index in [1.54, 1.807) is 0 Å². The summed E-state index contributed by atoms with van der Waals surface area (Å²) in [6.45, 7) is 18.5. The van der Waals surface area contributed by atoms with E-state index in [9.17, 15) is 0 Å². The lowest BCUT2D eigenvalue weighted by atomic mass is 9.84. The average Bonchev–Trinajstić information content (AvgIpc) is 2.47. The van der Waals surface area contributed by atoms with E-state index in [1.165, 1.54) is 58.7 Å². The van der Waals surface area contributed by atoms with Gasteiger partial charge < -0.3 is 10.6 Å². The number of piperazine rings is 1. The molecule has 4 nitrogen and oxygen atoms in total. The van der Waals surface area contributed by atoms with Crippen molar-refractivity contribution in [1.82, 2.24) is 14.7 Å². The van der Waals surface area contributed by atoms with Gasteiger partial charge >= 0.3 is 0 Å². The molecule has 1 unspecified atom stereocenters. The van der Waals surface area contributed by atoms with Crippen LogP contribution in [0, 0.1) is 5.92 Å². The van der Waals surface area contributed by atoms with Gasteiger partial charge in [-0.05, 0) is 45.3 Å². The summed E-state index contributed by atoms with van der Waals surface area (Å²) in [5, 5.41) is 0. The van der Waals surface area contributed by atoms with E-state index in [2.05, 4.69) is 42.4 Å². The van der Waals surface area contributed by atoms with E-state index >= 15 is 0 Å². The fraction of sp³-hybridized carbons (Fsp3) is 1.00. The Morgan fingerprint density at radius 2 is 1.81 bits per heavy atom. The van der Waals surface area contributed by atoms with Gasteiger partial charge in [-0.25, -0.2) is 0 Å². The molecule has 0 aromatic rings. The van der Waals surface area contributed by atoms with E-state index in [1.807, 2.05) is 0 Å². The fourth-order valence-electron chi connectivity index (χ4n) is 4.21. The Morgan fingerprint density at radius 1 is 1.14 bits per heavy atom. The number of likely N-dealkylation sites (tertiary alicyclic amines) is 1. The summed E-state index contributed by atoms with van der Waals surface area (Å²) in [5.74, 6) is 0.767. The molecule has 0 saturated carbocycles. The molecule has 124 valence electrons. The van der Waals surface area contributed by atoms with Crippen LogP contribution in [-0.4, -0.2) is 78.6 Å². The minimum absolute atomic E-state index is 0.265. The molecule has 1 atom stereocenters. The monoisotopic (exact) mass is 296 g/mol. The minimum Gasteiger partial charge on any atom is -0.329 e. The minimum atomic E-state index is 0.265. The predicted octanol–water partition coefficient (Wildman–Crippen LogP) is 1.46. The second kappa shape index (κ2) is 7.40.